The van der Waals surface area contributed by atoms with Crippen molar-refractivity contribution in [3.63, 3.8) is 0 Å². The van der Waals surface area contributed by atoms with E-state index in [1.165, 1.54) is 4.90 Å². The smallest absolute Gasteiger partial charge is 0.236 e. The van der Waals surface area contributed by atoms with Crippen LogP contribution in [0.15, 0.2) is 0 Å². The Bertz CT molecular complexity index is 364. The van der Waals surface area contributed by atoms with Crippen molar-refractivity contribution >= 4 is 11.8 Å². The summed E-state index contributed by atoms with van der Waals surface area (Å²) >= 11 is 0. The topological polar surface area (TPSA) is 66.8 Å². The van der Waals surface area contributed by atoms with Crippen molar-refractivity contribution in [3.8, 4) is 0 Å². The van der Waals surface area contributed by atoms with Gasteiger partial charge in [-0.3, -0.25) is 14.5 Å². The van der Waals surface area contributed by atoms with Crippen LogP contribution in [0.25, 0.3) is 0 Å². The fourth-order valence-corrected chi connectivity index (χ4v) is 3.38. The summed E-state index contributed by atoms with van der Waals surface area (Å²) in [4.78, 5) is 25.9. The molecule has 3 aliphatic rings. The molecule has 5 heteroatoms. The number of likely N-dealkylation sites (tertiary alicyclic amines) is 1. The van der Waals surface area contributed by atoms with Gasteiger partial charge in [-0.25, -0.2) is 0 Å². The second kappa shape index (κ2) is 3.29. The number of hydrogen-bond acceptors (Lipinski definition) is 4. The molecule has 2 bridgehead atoms. The van der Waals surface area contributed by atoms with Crippen LogP contribution in [0.5, 0.6) is 0 Å². The minimum atomic E-state index is -0.808. The normalized spacial score (nSPS) is 40.3. The van der Waals surface area contributed by atoms with Crippen LogP contribution >= 0.6 is 0 Å². The highest BCUT2D eigenvalue weighted by molar-refractivity contribution is 6.07. The molecule has 0 aromatic carbocycles. The zero-order chi connectivity index (χ0) is 12.4. The Morgan fingerprint density at radius 2 is 1.71 bits per heavy atom. The zero-order valence-corrected chi connectivity index (χ0v) is 10.0. The van der Waals surface area contributed by atoms with Crippen molar-refractivity contribution < 1.29 is 19.4 Å². The third kappa shape index (κ3) is 1.27. The lowest BCUT2D eigenvalue weighted by Gasteiger charge is -2.33. The second-order valence-electron chi connectivity index (χ2n) is 5.82. The molecule has 1 N–H and O–H groups in total. The molecule has 0 aliphatic carbocycles. The average Bonchev–Trinajstić information content (AvgIpc) is 2.92. The van der Waals surface area contributed by atoms with Crippen molar-refractivity contribution in [1.29, 1.82) is 0 Å². The second-order valence-corrected chi connectivity index (χ2v) is 5.82. The van der Waals surface area contributed by atoms with Gasteiger partial charge < -0.3 is 9.84 Å². The molecule has 0 aromatic rings. The highest BCUT2D eigenvalue weighted by atomic mass is 16.5. The highest BCUT2D eigenvalue weighted by Crippen LogP contribution is 2.49. The molecule has 3 fully saturated rings. The van der Waals surface area contributed by atoms with Crippen molar-refractivity contribution in [2.75, 3.05) is 6.61 Å². The van der Waals surface area contributed by atoms with Crippen molar-refractivity contribution in [2.24, 2.45) is 11.8 Å². The molecule has 0 spiro atoms. The number of imide groups is 1. The van der Waals surface area contributed by atoms with Crippen LogP contribution in [0, 0.1) is 11.8 Å². The van der Waals surface area contributed by atoms with Gasteiger partial charge in [0.1, 0.15) is 0 Å². The summed E-state index contributed by atoms with van der Waals surface area (Å²) in [6, 6.07) is 0. The summed E-state index contributed by atoms with van der Waals surface area (Å²) in [5.74, 6) is -0.920. The van der Waals surface area contributed by atoms with Crippen LogP contribution in [0.3, 0.4) is 0 Å². The number of aliphatic hydroxyl groups excluding tert-OH is 1. The van der Waals surface area contributed by atoms with E-state index in [-0.39, 0.29) is 42.5 Å². The lowest BCUT2D eigenvalue weighted by Crippen LogP contribution is -2.51. The molecule has 2 amide bonds. The first-order chi connectivity index (χ1) is 7.97. The number of amides is 2. The minimum Gasteiger partial charge on any atom is -0.394 e. The number of aliphatic hydroxyl groups is 1. The quantitative estimate of drug-likeness (QED) is 0.684. The Balaban J connectivity index is 1.96. The summed E-state index contributed by atoms with van der Waals surface area (Å²) in [6.07, 6.45) is 1.58. The van der Waals surface area contributed by atoms with E-state index in [9.17, 15) is 14.7 Å². The SMILES string of the molecule is CC(C)(CO)N1C(=O)C2C(C1=O)[C@H]1CC[C@H]2O1. The molecule has 3 rings (SSSR count). The minimum absolute atomic E-state index is 0.0825. The number of carbonyl (C=O) groups excluding carboxylic acids is 2. The van der Waals surface area contributed by atoms with E-state index in [1.807, 2.05) is 0 Å². The summed E-state index contributed by atoms with van der Waals surface area (Å²) in [5.41, 5.74) is -0.808. The number of hydrogen-bond donors (Lipinski definition) is 1. The first-order valence-corrected chi connectivity index (χ1v) is 6.11. The number of ether oxygens (including phenoxy) is 1. The molecular formula is C12H17NO4. The third-order valence-electron chi connectivity index (χ3n) is 4.28. The van der Waals surface area contributed by atoms with Gasteiger partial charge in [0.25, 0.3) is 0 Å². The molecule has 0 saturated carbocycles. The molecule has 0 aromatic heterocycles. The van der Waals surface area contributed by atoms with E-state index in [0.717, 1.165) is 12.8 Å². The molecule has 3 heterocycles. The molecule has 3 saturated heterocycles. The monoisotopic (exact) mass is 239 g/mol. The highest BCUT2D eigenvalue weighted by Gasteiger charge is 2.64. The van der Waals surface area contributed by atoms with E-state index in [0.29, 0.717) is 0 Å². The lowest BCUT2D eigenvalue weighted by atomic mass is 9.81. The lowest BCUT2D eigenvalue weighted by molar-refractivity contribution is -0.150. The van der Waals surface area contributed by atoms with Crippen LogP contribution in [0.1, 0.15) is 26.7 Å². The molecular weight excluding hydrogens is 222 g/mol. The number of rotatable bonds is 2. The van der Waals surface area contributed by atoms with Crippen molar-refractivity contribution in [3.05, 3.63) is 0 Å². The summed E-state index contributed by atoms with van der Waals surface area (Å²) < 4.78 is 5.64. The maximum atomic E-state index is 12.3. The van der Waals surface area contributed by atoms with E-state index in [4.69, 9.17) is 4.74 Å². The fourth-order valence-electron chi connectivity index (χ4n) is 3.38. The Hall–Kier alpha value is -0.940. The summed E-state index contributed by atoms with van der Waals surface area (Å²) in [5, 5.41) is 9.32. The predicted molar refractivity (Wildman–Crippen MR) is 57.9 cm³/mol. The Kier molecular flexibility index (Phi) is 2.16. The van der Waals surface area contributed by atoms with Gasteiger partial charge in [0, 0.05) is 0 Å². The summed E-state index contributed by atoms with van der Waals surface area (Å²) in [7, 11) is 0. The average molecular weight is 239 g/mol. The van der Waals surface area contributed by atoms with Crippen LogP contribution in [0.4, 0.5) is 0 Å². The number of carbonyl (C=O) groups is 2. The van der Waals surface area contributed by atoms with Gasteiger partial charge in [-0.05, 0) is 26.7 Å². The Labute approximate surface area is 99.7 Å². The Morgan fingerprint density at radius 3 is 2.12 bits per heavy atom. The standard InChI is InChI=1S/C12H17NO4/c1-12(2,5-14)13-10(15)8-6-3-4-7(17-6)9(8)11(13)16/h6-9,14H,3-5H2,1-2H3/t6-,7-,8?,9?/m1/s1. The molecule has 3 aliphatic heterocycles. The maximum absolute atomic E-state index is 12.3. The molecule has 17 heavy (non-hydrogen) atoms. The first-order valence-electron chi connectivity index (χ1n) is 6.11. The van der Waals surface area contributed by atoms with Gasteiger partial charge in [0.05, 0.1) is 36.2 Å². The molecule has 2 unspecified atom stereocenters. The van der Waals surface area contributed by atoms with Crippen LogP contribution in [0.2, 0.25) is 0 Å². The molecule has 4 atom stereocenters. The van der Waals surface area contributed by atoms with Crippen molar-refractivity contribution in [1.82, 2.24) is 4.90 Å². The largest absolute Gasteiger partial charge is 0.394 e. The van der Waals surface area contributed by atoms with Crippen LogP contribution < -0.4 is 0 Å². The van der Waals surface area contributed by atoms with Gasteiger partial charge in [-0.15, -0.1) is 0 Å². The molecule has 94 valence electrons. The fraction of sp³-hybridized carbons (Fsp3) is 0.833. The van der Waals surface area contributed by atoms with E-state index in [1.54, 1.807) is 13.8 Å². The Morgan fingerprint density at radius 1 is 1.24 bits per heavy atom. The van der Waals surface area contributed by atoms with Gasteiger partial charge in [0.15, 0.2) is 0 Å². The van der Waals surface area contributed by atoms with Gasteiger partial charge in [-0.2, -0.15) is 0 Å². The van der Waals surface area contributed by atoms with E-state index < -0.39 is 5.54 Å². The maximum Gasteiger partial charge on any atom is 0.236 e. The molecule has 5 nitrogen and oxygen atoms in total. The molecule has 0 radical (unpaired) electrons. The van der Waals surface area contributed by atoms with Crippen LogP contribution in [-0.4, -0.2) is 46.2 Å². The third-order valence-corrected chi connectivity index (χ3v) is 4.28. The van der Waals surface area contributed by atoms with Crippen molar-refractivity contribution in [2.45, 2.75) is 44.4 Å². The number of fused-ring (bicyclic) bond motifs is 5. The number of nitrogens with zero attached hydrogens (tertiary/aromatic N) is 1. The zero-order valence-electron chi connectivity index (χ0n) is 10.0. The predicted octanol–water partition coefficient (Wildman–Crippen LogP) is -0.0803. The first kappa shape index (κ1) is 11.2. The summed E-state index contributed by atoms with van der Waals surface area (Å²) in [6.45, 7) is 3.22. The van der Waals surface area contributed by atoms with Gasteiger partial charge >= 0.3 is 0 Å². The van der Waals surface area contributed by atoms with E-state index >= 15 is 0 Å². The van der Waals surface area contributed by atoms with E-state index in [2.05, 4.69) is 0 Å². The van der Waals surface area contributed by atoms with Crippen LogP contribution in [-0.2, 0) is 14.3 Å². The van der Waals surface area contributed by atoms with Gasteiger partial charge in [-0.1, -0.05) is 0 Å². The van der Waals surface area contributed by atoms with Gasteiger partial charge in [0.2, 0.25) is 11.8 Å².